The number of hydrogen-bond donors (Lipinski definition) is 1. The van der Waals surface area contributed by atoms with E-state index in [1.807, 2.05) is 0 Å². The summed E-state index contributed by atoms with van der Waals surface area (Å²) in [5.41, 5.74) is 14.4. The van der Waals surface area contributed by atoms with Gasteiger partial charge in [0, 0.05) is 32.8 Å². The minimum absolute atomic E-state index is 0.496. The van der Waals surface area contributed by atoms with E-state index in [2.05, 4.69) is 124 Å². The first kappa shape index (κ1) is 27.3. The van der Waals surface area contributed by atoms with Gasteiger partial charge in [0.15, 0.2) is 0 Å². The number of nitrogens with one attached hydrogen (secondary N) is 1. The summed E-state index contributed by atoms with van der Waals surface area (Å²) < 4.78 is 0. The number of rotatable bonds is 2. The van der Waals surface area contributed by atoms with Gasteiger partial charge in [-0.2, -0.15) is 0 Å². The maximum Gasteiger partial charge on any atom is 0.0745 e. The molecule has 1 N–H and O–H groups in total. The van der Waals surface area contributed by atoms with Crippen LogP contribution in [0.25, 0.3) is 34.0 Å². The van der Waals surface area contributed by atoms with Crippen LogP contribution in [0.15, 0.2) is 78.9 Å². The third kappa shape index (κ3) is 4.75. The molecule has 0 fully saturated rings. The topological polar surface area (TPSA) is 24.9 Å². The average molecular weight is 597 g/mol. The first-order valence-electron chi connectivity index (χ1n) is 15.7. The lowest BCUT2D eigenvalue weighted by Gasteiger charge is -2.30. The molecule has 0 spiro atoms. The summed E-state index contributed by atoms with van der Waals surface area (Å²) in [5, 5.41) is 9.63. The van der Waals surface area contributed by atoms with Crippen LogP contribution in [0, 0.1) is 0 Å². The van der Waals surface area contributed by atoms with Crippen LogP contribution in [-0.2, 0) is 25.2 Å². The minimum Gasteiger partial charge on any atom is -0.354 e. The van der Waals surface area contributed by atoms with Crippen molar-refractivity contribution in [3.05, 3.63) is 112 Å². The van der Waals surface area contributed by atoms with Gasteiger partial charge < -0.3 is 5.32 Å². The van der Waals surface area contributed by atoms with Gasteiger partial charge in [0.1, 0.15) is 0 Å². The molecular formula is C39H38N2P2. The first-order chi connectivity index (χ1) is 20.9. The number of hydrogen-bond acceptors (Lipinski definition) is 2. The van der Waals surface area contributed by atoms with E-state index >= 15 is 0 Å². The molecule has 214 valence electrons. The molecule has 4 aromatic carbocycles. The van der Waals surface area contributed by atoms with Gasteiger partial charge in [-0.1, -0.05) is 104 Å². The Morgan fingerprint density at radius 3 is 1.74 bits per heavy atom. The summed E-state index contributed by atoms with van der Waals surface area (Å²) in [5.74, 6) is 0. The largest absolute Gasteiger partial charge is 0.354 e. The van der Waals surface area contributed by atoms with Crippen molar-refractivity contribution in [1.29, 1.82) is 0 Å². The molecule has 2 unspecified atom stereocenters. The van der Waals surface area contributed by atoms with Gasteiger partial charge in [0.25, 0.3) is 0 Å². The van der Waals surface area contributed by atoms with Gasteiger partial charge >= 0.3 is 0 Å². The first-order valence-corrected chi connectivity index (χ1v) is 18.9. The molecule has 3 aliphatic rings. The second-order valence-corrected chi connectivity index (χ2v) is 18.4. The van der Waals surface area contributed by atoms with E-state index in [1.54, 1.807) is 0 Å². The van der Waals surface area contributed by atoms with E-state index in [9.17, 15) is 0 Å². The zero-order valence-electron chi connectivity index (χ0n) is 25.5. The number of nitrogens with zero attached hydrogens (tertiary/aromatic N) is 1. The van der Waals surface area contributed by atoms with E-state index in [0.717, 1.165) is 25.2 Å². The standard InChI is InChI=1S/C39H38N2P2/c1-24(2)42-22-32-15-7-13-30-17-31-14-8-16-33(39(31)41-38(30)32)23-43(25(3)4)37-21-29-12-6-10-27(29)19-35(37)40-34-18-26-9-5-11-28(26)20-36(34)42/h5-9,12-21,24-25,40H,10-11,22-23H2,1-4H3. The van der Waals surface area contributed by atoms with Crippen LogP contribution in [0.5, 0.6) is 0 Å². The third-order valence-electron chi connectivity index (χ3n) is 9.44. The molecule has 1 aromatic heterocycles. The highest BCUT2D eigenvalue weighted by molar-refractivity contribution is 7.66. The summed E-state index contributed by atoms with van der Waals surface area (Å²) in [6.45, 7) is 9.66. The number of benzene rings is 4. The van der Waals surface area contributed by atoms with Crippen LogP contribution in [0.4, 0.5) is 11.4 Å². The Bertz CT molecular complexity index is 1980. The number of fused-ring (bicyclic) bond motifs is 4. The van der Waals surface area contributed by atoms with Gasteiger partial charge in [-0.05, 0) is 100 Å². The highest BCUT2D eigenvalue weighted by Crippen LogP contribution is 2.51. The molecule has 4 heteroatoms. The predicted molar refractivity (Wildman–Crippen MR) is 192 cm³/mol. The maximum absolute atomic E-state index is 5.53. The molecule has 5 aromatic rings. The molecule has 2 heterocycles. The number of aromatic nitrogens is 1. The zero-order valence-corrected chi connectivity index (χ0v) is 27.3. The molecule has 2 aliphatic carbocycles. The van der Waals surface area contributed by atoms with Crippen LogP contribution in [0.2, 0.25) is 0 Å². The zero-order chi connectivity index (χ0) is 29.2. The van der Waals surface area contributed by atoms with Crippen LogP contribution in [-0.4, -0.2) is 16.3 Å². The van der Waals surface area contributed by atoms with E-state index in [1.165, 1.54) is 77.2 Å². The molecule has 1 aliphatic heterocycles. The molecule has 43 heavy (non-hydrogen) atoms. The van der Waals surface area contributed by atoms with Crippen molar-refractivity contribution in [3.63, 3.8) is 0 Å². The molecule has 0 saturated heterocycles. The Kier molecular flexibility index (Phi) is 6.78. The van der Waals surface area contributed by atoms with Crippen molar-refractivity contribution < 1.29 is 0 Å². The minimum atomic E-state index is -0.504. The predicted octanol–water partition coefficient (Wildman–Crippen LogP) is 10.0. The summed E-state index contributed by atoms with van der Waals surface area (Å²) >= 11 is 0. The Labute approximate surface area is 257 Å². The number of allylic oxidation sites excluding steroid dienone is 2. The third-order valence-corrected chi connectivity index (χ3v) is 15.3. The molecule has 2 atom stereocenters. The second-order valence-electron chi connectivity index (χ2n) is 12.9. The van der Waals surface area contributed by atoms with Gasteiger partial charge in [-0.15, -0.1) is 0 Å². The molecule has 2 bridgehead atoms. The summed E-state index contributed by atoms with van der Waals surface area (Å²) in [6.07, 6.45) is 13.4. The van der Waals surface area contributed by atoms with E-state index in [0.29, 0.717) is 11.3 Å². The lowest BCUT2D eigenvalue weighted by molar-refractivity contribution is 1.08. The van der Waals surface area contributed by atoms with Gasteiger partial charge in [-0.25, -0.2) is 4.98 Å². The number of para-hydroxylation sites is 2. The lowest BCUT2D eigenvalue weighted by atomic mass is 10.1. The van der Waals surface area contributed by atoms with Crippen molar-refractivity contribution in [1.82, 2.24) is 4.98 Å². The van der Waals surface area contributed by atoms with Crippen LogP contribution in [0.3, 0.4) is 0 Å². The van der Waals surface area contributed by atoms with Gasteiger partial charge in [-0.3, -0.25) is 0 Å². The van der Waals surface area contributed by atoms with Crippen molar-refractivity contribution >= 4 is 71.8 Å². The van der Waals surface area contributed by atoms with Crippen LogP contribution < -0.4 is 15.9 Å². The van der Waals surface area contributed by atoms with E-state index in [4.69, 9.17) is 4.98 Å². The molecule has 0 radical (unpaired) electrons. The maximum atomic E-state index is 5.53. The SMILES string of the molecule is CC(C)P1Cc2cccc3cc4cccc(c4nc23)CP(C(C)C)c2cc3c(cc2Nc2cc4c(cc21)C=CC4)C=CC3. The monoisotopic (exact) mass is 596 g/mol. The summed E-state index contributed by atoms with van der Waals surface area (Å²) in [4.78, 5) is 5.53. The Morgan fingerprint density at radius 2 is 1.14 bits per heavy atom. The Balaban J connectivity index is 1.44. The fourth-order valence-corrected chi connectivity index (χ4v) is 12.0. The van der Waals surface area contributed by atoms with Crippen molar-refractivity contribution in [2.75, 3.05) is 5.32 Å². The van der Waals surface area contributed by atoms with Crippen LogP contribution in [0.1, 0.15) is 61.1 Å². The molecule has 2 nitrogen and oxygen atoms in total. The molecule has 0 amide bonds. The Hall–Kier alpha value is -3.31. The van der Waals surface area contributed by atoms with Gasteiger partial charge in [0.2, 0.25) is 0 Å². The molecular weight excluding hydrogens is 558 g/mol. The van der Waals surface area contributed by atoms with Crippen molar-refractivity contribution in [3.8, 4) is 0 Å². The molecule has 8 rings (SSSR count). The summed E-state index contributed by atoms with van der Waals surface area (Å²) in [6, 6.07) is 26.0. The van der Waals surface area contributed by atoms with Crippen LogP contribution >= 0.6 is 15.8 Å². The number of pyridine rings is 1. The summed E-state index contributed by atoms with van der Waals surface area (Å²) in [7, 11) is -1.00. The molecule has 0 saturated carbocycles. The number of anilines is 2. The highest BCUT2D eigenvalue weighted by atomic mass is 31.1. The van der Waals surface area contributed by atoms with Crippen molar-refractivity contribution in [2.45, 2.75) is 64.2 Å². The second kappa shape index (κ2) is 10.7. The van der Waals surface area contributed by atoms with E-state index < -0.39 is 15.8 Å². The average Bonchev–Trinajstić information content (AvgIpc) is 3.65. The quantitative estimate of drug-likeness (QED) is 0.162. The van der Waals surface area contributed by atoms with Crippen molar-refractivity contribution in [2.24, 2.45) is 0 Å². The van der Waals surface area contributed by atoms with Gasteiger partial charge in [0.05, 0.1) is 11.0 Å². The highest BCUT2D eigenvalue weighted by Gasteiger charge is 2.27. The van der Waals surface area contributed by atoms with E-state index in [-0.39, 0.29) is 0 Å². The smallest absolute Gasteiger partial charge is 0.0745 e. The normalized spacial score (nSPS) is 18.7. The Morgan fingerprint density at radius 1 is 0.605 bits per heavy atom. The fraction of sp³-hybridized carbons (Fsp3) is 0.256. The lowest BCUT2D eigenvalue weighted by Crippen LogP contribution is -2.20. The fourth-order valence-electron chi connectivity index (χ4n) is 7.13.